The Hall–Kier alpha value is -1.88. The minimum Gasteiger partial charge on any atom is -0.349 e. The molecule has 2 aromatic heterocycles. The Morgan fingerprint density at radius 3 is 3.16 bits per heavy atom. The van der Waals surface area contributed by atoms with E-state index >= 15 is 0 Å². The van der Waals surface area contributed by atoms with Gasteiger partial charge in [0.2, 0.25) is 0 Å². The number of rotatable bonds is 2. The van der Waals surface area contributed by atoms with Crippen molar-refractivity contribution in [1.29, 1.82) is 0 Å². The fourth-order valence-corrected chi connectivity index (χ4v) is 3.32. The van der Waals surface area contributed by atoms with Crippen LogP contribution in [0.5, 0.6) is 0 Å². The summed E-state index contributed by atoms with van der Waals surface area (Å²) in [7, 11) is 0. The highest BCUT2D eigenvalue weighted by molar-refractivity contribution is 5.94. The summed E-state index contributed by atoms with van der Waals surface area (Å²) >= 11 is 0. The molecule has 0 unspecified atom stereocenters. The van der Waals surface area contributed by atoms with Gasteiger partial charge in [0.15, 0.2) is 0 Å². The first-order valence-electron chi connectivity index (χ1n) is 6.76. The van der Waals surface area contributed by atoms with Gasteiger partial charge in [-0.25, -0.2) is 4.98 Å². The lowest BCUT2D eigenvalue weighted by atomic mass is 10.0. The molecule has 1 saturated carbocycles. The monoisotopic (exact) mass is 256 g/mol. The summed E-state index contributed by atoms with van der Waals surface area (Å²) in [5, 5.41) is 6.63. The molecule has 3 heterocycles. The molecule has 4 rings (SSSR count). The summed E-state index contributed by atoms with van der Waals surface area (Å²) in [5.74, 6) is 0.624. The van der Waals surface area contributed by atoms with Crippen LogP contribution in [0, 0.1) is 5.92 Å². The Kier molecular flexibility index (Phi) is 2.35. The molecule has 0 radical (unpaired) electrons. The number of carbonyl (C=O) groups excluding carboxylic acids is 1. The zero-order valence-corrected chi connectivity index (χ0v) is 10.5. The van der Waals surface area contributed by atoms with Crippen molar-refractivity contribution in [3.8, 4) is 0 Å². The van der Waals surface area contributed by atoms with E-state index in [2.05, 4.69) is 15.6 Å². The summed E-state index contributed by atoms with van der Waals surface area (Å²) in [4.78, 5) is 16.5. The van der Waals surface area contributed by atoms with Gasteiger partial charge in [-0.05, 0) is 30.9 Å². The number of carbonyl (C=O) groups is 1. The Balaban J connectivity index is 1.53. The summed E-state index contributed by atoms with van der Waals surface area (Å²) in [6.07, 6.45) is 7.69. The molecule has 0 spiro atoms. The molecule has 3 atom stereocenters. The lowest BCUT2D eigenvalue weighted by Crippen LogP contribution is -2.44. The maximum Gasteiger partial charge on any atom is 0.253 e. The number of piperidine rings is 1. The average Bonchev–Trinajstić information content (AvgIpc) is 3.13. The molecule has 98 valence electrons. The Labute approximate surface area is 111 Å². The standard InChI is InChI=1S/C14H16N4O/c19-14(17-12-6-11-5-10(12)7-16-11)9-1-2-13-15-3-4-18(13)8-9/h1-4,8,10-12,16H,5-7H2,(H,17,19)/t10-,11+,12-/m1/s1. The van der Waals surface area contributed by atoms with Crippen LogP contribution in [0.4, 0.5) is 0 Å². The second kappa shape index (κ2) is 4.06. The van der Waals surface area contributed by atoms with E-state index in [0.717, 1.165) is 18.6 Å². The normalized spacial score (nSPS) is 28.9. The summed E-state index contributed by atoms with van der Waals surface area (Å²) in [6.45, 7) is 1.04. The zero-order valence-electron chi connectivity index (χ0n) is 10.5. The van der Waals surface area contributed by atoms with Crippen molar-refractivity contribution in [2.45, 2.75) is 24.9 Å². The first kappa shape index (κ1) is 11.0. The summed E-state index contributed by atoms with van der Waals surface area (Å²) in [6, 6.07) is 4.64. The number of pyridine rings is 1. The molecule has 1 aliphatic heterocycles. The van der Waals surface area contributed by atoms with Gasteiger partial charge in [0, 0.05) is 37.2 Å². The fourth-order valence-electron chi connectivity index (χ4n) is 3.32. The first-order valence-corrected chi connectivity index (χ1v) is 6.76. The molecule has 1 amide bonds. The number of hydrogen-bond acceptors (Lipinski definition) is 3. The minimum absolute atomic E-state index is 0.0214. The van der Waals surface area contributed by atoms with E-state index < -0.39 is 0 Å². The van der Waals surface area contributed by atoms with E-state index in [4.69, 9.17) is 0 Å². The predicted octanol–water partition coefficient (Wildman–Crippen LogP) is 0.814. The molecule has 5 nitrogen and oxygen atoms in total. The average molecular weight is 256 g/mol. The van der Waals surface area contributed by atoms with Crippen LogP contribution >= 0.6 is 0 Å². The van der Waals surface area contributed by atoms with Crippen molar-refractivity contribution in [3.63, 3.8) is 0 Å². The molecule has 19 heavy (non-hydrogen) atoms. The molecular formula is C14H16N4O. The molecule has 1 aliphatic carbocycles. The van der Waals surface area contributed by atoms with E-state index in [1.165, 1.54) is 6.42 Å². The molecular weight excluding hydrogens is 240 g/mol. The van der Waals surface area contributed by atoms with E-state index in [-0.39, 0.29) is 5.91 Å². The number of nitrogens with zero attached hydrogens (tertiary/aromatic N) is 2. The number of amides is 1. The van der Waals surface area contributed by atoms with E-state index in [1.807, 2.05) is 28.9 Å². The third-order valence-electron chi connectivity index (χ3n) is 4.33. The fraction of sp³-hybridized carbons (Fsp3) is 0.429. The van der Waals surface area contributed by atoms with Crippen molar-refractivity contribution < 1.29 is 4.79 Å². The van der Waals surface area contributed by atoms with Gasteiger partial charge in [-0.15, -0.1) is 0 Å². The Bertz CT molecular complexity index is 635. The van der Waals surface area contributed by atoms with Crippen LogP contribution in [0.3, 0.4) is 0 Å². The topological polar surface area (TPSA) is 58.4 Å². The molecule has 2 aliphatic rings. The second-order valence-electron chi connectivity index (χ2n) is 5.53. The van der Waals surface area contributed by atoms with Gasteiger partial charge in [-0.3, -0.25) is 4.79 Å². The molecule has 2 bridgehead atoms. The lowest BCUT2D eigenvalue weighted by Gasteiger charge is -2.23. The molecule has 2 aromatic rings. The lowest BCUT2D eigenvalue weighted by molar-refractivity contribution is 0.0924. The Morgan fingerprint density at radius 2 is 2.37 bits per heavy atom. The van der Waals surface area contributed by atoms with Gasteiger partial charge in [-0.2, -0.15) is 0 Å². The SMILES string of the molecule is O=C(N[C@@H]1C[C@@H]2C[C@@H]1CN2)c1ccc2nccn2c1. The van der Waals surface area contributed by atoms with Gasteiger partial charge >= 0.3 is 0 Å². The van der Waals surface area contributed by atoms with Crippen molar-refractivity contribution in [2.24, 2.45) is 5.92 Å². The maximum atomic E-state index is 12.3. The van der Waals surface area contributed by atoms with Gasteiger partial charge in [0.1, 0.15) is 5.65 Å². The van der Waals surface area contributed by atoms with Crippen LogP contribution in [0.15, 0.2) is 30.7 Å². The molecule has 2 N–H and O–H groups in total. The number of hydrogen-bond donors (Lipinski definition) is 2. The number of imidazole rings is 1. The highest BCUT2D eigenvalue weighted by Gasteiger charge is 2.40. The van der Waals surface area contributed by atoms with Crippen LogP contribution in [-0.4, -0.2) is 33.9 Å². The number of fused-ring (bicyclic) bond motifs is 3. The highest BCUT2D eigenvalue weighted by Crippen LogP contribution is 2.31. The second-order valence-corrected chi connectivity index (χ2v) is 5.53. The third-order valence-corrected chi connectivity index (χ3v) is 4.33. The third kappa shape index (κ3) is 1.81. The van der Waals surface area contributed by atoms with E-state index in [1.54, 1.807) is 6.20 Å². The van der Waals surface area contributed by atoms with Crippen molar-refractivity contribution in [2.75, 3.05) is 6.54 Å². The molecule has 2 fully saturated rings. The highest BCUT2D eigenvalue weighted by atomic mass is 16.1. The smallest absolute Gasteiger partial charge is 0.253 e. The Morgan fingerprint density at radius 1 is 1.42 bits per heavy atom. The summed E-state index contributed by atoms with van der Waals surface area (Å²) in [5.41, 5.74) is 1.56. The van der Waals surface area contributed by atoms with E-state index in [9.17, 15) is 4.79 Å². The van der Waals surface area contributed by atoms with Gasteiger partial charge in [-0.1, -0.05) is 0 Å². The van der Waals surface area contributed by atoms with Crippen LogP contribution < -0.4 is 10.6 Å². The quantitative estimate of drug-likeness (QED) is 0.836. The van der Waals surface area contributed by atoms with Crippen molar-refractivity contribution in [1.82, 2.24) is 20.0 Å². The van der Waals surface area contributed by atoms with Gasteiger partial charge in [0.05, 0.1) is 5.56 Å². The van der Waals surface area contributed by atoms with Crippen LogP contribution in [0.2, 0.25) is 0 Å². The first-order chi connectivity index (χ1) is 9.29. The molecule has 1 saturated heterocycles. The van der Waals surface area contributed by atoms with Crippen LogP contribution in [0.1, 0.15) is 23.2 Å². The van der Waals surface area contributed by atoms with Crippen molar-refractivity contribution in [3.05, 3.63) is 36.3 Å². The summed E-state index contributed by atoms with van der Waals surface area (Å²) < 4.78 is 1.87. The van der Waals surface area contributed by atoms with Gasteiger partial charge < -0.3 is 15.0 Å². The van der Waals surface area contributed by atoms with Crippen LogP contribution in [-0.2, 0) is 0 Å². The molecule has 5 heteroatoms. The zero-order chi connectivity index (χ0) is 12.8. The van der Waals surface area contributed by atoms with Crippen LogP contribution in [0.25, 0.3) is 5.65 Å². The van der Waals surface area contributed by atoms with Crippen molar-refractivity contribution >= 4 is 11.6 Å². The molecule has 0 aromatic carbocycles. The predicted molar refractivity (Wildman–Crippen MR) is 71.0 cm³/mol. The maximum absolute atomic E-state index is 12.3. The minimum atomic E-state index is 0.0214. The number of aromatic nitrogens is 2. The number of nitrogens with one attached hydrogen (secondary N) is 2. The van der Waals surface area contributed by atoms with Gasteiger partial charge in [0.25, 0.3) is 5.91 Å². The largest absolute Gasteiger partial charge is 0.349 e. The van der Waals surface area contributed by atoms with E-state index in [0.29, 0.717) is 23.6 Å².